The van der Waals surface area contributed by atoms with Crippen LogP contribution in [0.2, 0.25) is 5.02 Å². The van der Waals surface area contributed by atoms with Gasteiger partial charge in [0.15, 0.2) is 5.76 Å². The Bertz CT molecular complexity index is 1680. The summed E-state index contributed by atoms with van der Waals surface area (Å²) in [6, 6.07) is 6.59. The fourth-order valence-electron chi connectivity index (χ4n) is 4.84. The molecule has 2 aromatic heterocycles. The van der Waals surface area contributed by atoms with E-state index in [1.807, 2.05) is 26.0 Å². The van der Waals surface area contributed by atoms with Gasteiger partial charge >= 0.3 is 6.18 Å². The summed E-state index contributed by atoms with van der Waals surface area (Å²) < 4.78 is 50.9. The van der Waals surface area contributed by atoms with E-state index in [9.17, 15) is 22.8 Å². The van der Waals surface area contributed by atoms with Crippen molar-refractivity contribution in [3.8, 4) is 0 Å². The zero-order valence-electron chi connectivity index (χ0n) is 21.9. The van der Waals surface area contributed by atoms with Crippen molar-refractivity contribution in [1.29, 1.82) is 0 Å². The number of rotatable bonds is 5. The first-order valence-electron chi connectivity index (χ1n) is 12.6. The van der Waals surface area contributed by atoms with Gasteiger partial charge in [-0.05, 0) is 62.9 Å². The molecule has 4 aromatic rings. The van der Waals surface area contributed by atoms with Crippen molar-refractivity contribution in [2.24, 2.45) is 5.10 Å². The molecule has 2 heterocycles. The first kappa shape index (κ1) is 27.5. The van der Waals surface area contributed by atoms with Crippen molar-refractivity contribution < 1.29 is 31.6 Å². The highest BCUT2D eigenvalue weighted by molar-refractivity contribution is 6.34. The maximum Gasteiger partial charge on any atom is 0.416 e. The Kier molecular flexibility index (Phi) is 7.22. The van der Waals surface area contributed by atoms with E-state index in [-0.39, 0.29) is 28.8 Å². The smallest absolute Gasteiger partial charge is 0.416 e. The van der Waals surface area contributed by atoms with Crippen LogP contribution in [0.25, 0.3) is 11.0 Å². The lowest BCUT2D eigenvalue weighted by Gasteiger charge is -2.13. The van der Waals surface area contributed by atoms with Crippen LogP contribution in [0.15, 0.2) is 50.5 Å². The first-order valence-corrected chi connectivity index (χ1v) is 12.9. The Balaban J connectivity index is 1.34. The number of nitrogens with one attached hydrogen (secondary N) is 2. The van der Waals surface area contributed by atoms with Crippen molar-refractivity contribution in [2.75, 3.05) is 5.32 Å². The summed E-state index contributed by atoms with van der Waals surface area (Å²) in [5, 5.41) is 7.58. The quantitative estimate of drug-likeness (QED) is 0.246. The monoisotopic (exact) mass is 571 g/mol. The molecule has 2 amide bonds. The van der Waals surface area contributed by atoms with Gasteiger partial charge in [0.05, 0.1) is 34.7 Å². The molecule has 0 saturated carbocycles. The lowest BCUT2D eigenvalue weighted by atomic mass is 9.93. The number of aryl methyl sites for hydroxylation is 3. The number of hydrogen-bond donors (Lipinski definition) is 2. The molecule has 2 aromatic carbocycles. The van der Waals surface area contributed by atoms with Gasteiger partial charge in [0, 0.05) is 28.5 Å². The number of anilines is 1. The Hall–Kier alpha value is -4.05. The van der Waals surface area contributed by atoms with Crippen LogP contribution in [0, 0.1) is 20.8 Å². The van der Waals surface area contributed by atoms with E-state index in [4.69, 9.17) is 20.4 Å². The highest BCUT2D eigenvalue weighted by atomic mass is 35.5. The van der Waals surface area contributed by atoms with Gasteiger partial charge in [0.2, 0.25) is 5.91 Å². The molecule has 0 spiro atoms. The second kappa shape index (κ2) is 10.5. The Morgan fingerprint density at radius 3 is 2.60 bits per heavy atom. The second-order valence-electron chi connectivity index (χ2n) is 9.77. The number of benzene rings is 2. The first-order chi connectivity index (χ1) is 18.9. The normalized spacial score (nSPS) is 14.4. The minimum atomic E-state index is -4.59. The highest BCUT2D eigenvalue weighted by Gasteiger charge is 2.32. The summed E-state index contributed by atoms with van der Waals surface area (Å²) in [6.07, 6.45) is -1.19. The molecule has 1 aliphatic carbocycles. The molecule has 0 radical (unpaired) electrons. The molecule has 5 rings (SSSR count). The van der Waals surface area contributed by atoms with E-state index >= 15 is 0 Å². The number of amides is 2. The maximum atomic E-state index is 13.1. The van der Waals surface area contributed by atoms with E-state index in [0.29, 0.717) is 41.9 Å². The number of carbonyl (C=O) groups excluding carboxylic acids is 2. The van der Waals surface area contributed by atoms with E-state index in [0.717, 1.165) is 45.9 Å². The highest BCUT2D eigenvalue weighted by Crippen LogP contribution is 2.35. The molecule has 2 N–H and O–H groups in total. The molecular formula is C29H25ClF3N3O4. The average molecular weight is 572 g/mol. The van der Waals surface area contributed by atoms with Crippen LogP contribution >= 0.6 is 11.6 Å². The molecule has 0 bridgehead atoms. The van der Waals surface area contributed by atoms with Crippen LogP contribution < -0.4 is 10.7 Å². The Labute approximate surface area is 232 Å². The molecule has 0 unspecified atom stereocenters. The zero-order valence-corrected chi connectivity index (χ0v) is 22.6. The van der Waals surface area contributed by atoms with E-state index in [2.05, 4.69) is 15.8 Å². The summed E-state index contributed by atoms with van der Waals surface area (Å²) in [6.45, 7) is 5.62. The lowest BCUT2D eigenvalue weighted by molar-refractivity contribution is -0.137. The largest absolute Gasteiger partial charge is 0.464 e. The van der Waals surface area contributed by atoms with Gasteiger partial charge in [-0.3, -0.25) is 9.59 Å². The predicted molar refractivity (Wildman–Crippen MR) is 145 cm³/mol. The van der Waals surface area contributed by atoms with Crippen LogP contribution in [-0.2, 0) is 23.8 Å². The number of furan rings is 2. The summed E-state index contributed by atoms with van der Waals surface area (Å²) in [5.74, 6) is -0.619. The standard InChI is InChI=1S/C29H25ClF3N3O4/c1-14-7-9-19-17(13-39-26(19)15(14)2)11-24(37)36-35-21-5-4-6-23-25(21)16(3)27(40-23)28(38)34-22-12-18(29(31,32)33)8-10-20(22)30/h7-10,12-13H,4-6,11H2,1-3H3,(H,34,38)(H,36,37)/b35-21+. The topological polar surface area (TPSA) is 96.8 Å². The maximum absolute atomic E-state index is 13.1. The molecule has 11 heteroatoms. The molecule has 0 saturated heterocycles. The Morgan fingerprint density at radius 2 is 1.85 bits per heavy atom. The minimum absolute atomic E-state index is 0.0454. The predicted octanol–water partition coefficient (Wildman–Crippen LogP) is 7.27. The van der Waals surface area contributed by atoms with Crippen molar-refractivity contribution in [3.05, 3.63) is 86.5 Å². The molecule has 0 aliphatic heterocycles. The van der Waals surface area contributed by atoms with E-state index in [1.165, 1.54) is 0 Å². The third-order valence-corrected chi connectivity index (χ3v) is 7.41. The number of carbonyl (C=O) groups is 2. The van der Waals surface area contributed by atoms with Crippen LogP contribution in [0.4, 0.5) is 18.9 Å². The van der Waals surface area contributed by atoms with Gasteiger partial charge < -0.3 is 14.2 Å². The number of nitrogens with zero attached hydrogens (tertiary/aromatic N) is 1. The third kappa shape index (κ3) is 5.23. The van der Waals surface area contributed by atoms with Gasteiger partial charge in [0.25, 0.3) is 5.91 Å². The number of alkyl halides is 3. The summed E-state index contributed by atoms with van der Waals surface area (Å²) >= 11 is 6.03. The third-order valence-electron chi connectivity index (χ3n) is 7.08. The molecule has 7 nitrogen and oxygen atoms in total. The number of hydrazone groups is 1. The van der Waals surface area contributed by atoms with Crippen molar-refractivity contribution in [3.63, 3.8) is 0 Å². The molecule has 0 fully saturated rings. The number of fused-ring (bicyclic) bond motifs is 2. The molecule has 0 atom stereocenters. The second-order valence-corrected chi connectivity index (χ2v) is 10.2. The Morgan fingerprint density at radius 1 is 1.07 bits per heavy atom. The van der Waals surface area contributed by atoms with Gasteiger partial charge in [-0.15, -0.1) is 0 Å². The lowest BCUT2D eigenvalue weighted by Crippen LogP contribution is -2.23. The van der Waals surface area contributed by atoms with Crippen molar-refractivity contribution in [1.82, 2.24) is 5.43 Å². The molecular weight excluding hydrogens is 547 g/mol. The fourth-order valence-corrected chi connectivity index (χ4v) is 5.01. The van der Waals surface area contributed by atoms with Gasteiger partial charge in [-0.2, -0.15) is 18.3 Å². The summed E-state index contributed by atoms with van der Waals surface area (Å²) in [5.41, 5.74) is 6.69. The molecule has 1 aliphatic rings. The average Bonchev–Trinajstić information content (AvgIpc) is 3.47. The van der Waals surface area contributed by atoms with E-state index in [1.54, 1.807) is 13.2 Å². The van der Waals surface area contributed by atoms with Crippen LogP contribution in [0.5, 0.6) is 0 Å². The van der Waals surface area contributed by atoms with Crippen LogP contribution in [-0.4, -0.2) is 17.5 Å². The number of hydrogen-bond acceptors (Lipinski definition) is 5. The van der Waals surface area contributed by atoms with Gasteiger partial charge in [-0.1, -0.05) is 23.7 Å². The van der Waals surface area contributed by atoms with Crippen molar-refractivity contribution >= 4 is 45.8 Å². The van der Waals surface area contributed by atoms with E-state index < -0.39 is 17.6 Å². The molecule has 40 heavy (non-hydrogen) atoms. The SMILES string of the molecule is Cc1ccc2c(CC(=O)N/N=C3\CCCc4oc(C(=O)Nc5cc(C(F)(F)F)ccc5Cl)c(C)c43)coc2c1C. The van der Waals surface area contributed by atoms with Crippen LogP contribution in [0.3, 0.4) is 0 Å². The van der Waals surface area contributed by atoms with Crippen molar-refractivity contribution in [2.45, 2.75) is 52.6 Å². The summed E-state index contributed by atoms with van der Waals surface area (Å²) in [7, 11) is 0. The zero-order chi connectivity index (χ0) is 28.8. The van der Waals surface area contributed by atoms with Gasteiger partial charge in [-0.25, -0.2) is 5.43 Å². The number of halogens is 4. The summed E-state index contributed by atoms with van der Waals surface area (Å²) in [4.78, 5) is 25.8. The molecule has 208 valence electrons. The van der Waals surface area contributed by atoms with Gasteiger partial charge in [0.1, 0.15) is 11.3 Å². The fraction of sp³-hybridized carbons (Fsp3) is 0.276. The minimum Gasteiger partial charge on any atom is -0.464 e. The van der Waals surface area contributed by atoms with Crippen LogP contribution in [0.1, 0.15) is 62.5 Å².